The summed E-state index contributed by atoms with van der Waals surface area (Å²) < 4.78 is 7.66. The van der Waals surface area contributed by atoms with E-state index in [4.69, 9.17) is 9.73 Å². The van der Waals surface area contributed by atoms with Crippen LogP contribution in [0, 0.1) is 0 Å². The number of rotatable bonds is 5. The van der Waals surface area contributed by atoms with Crippen LogP contribution in [0.15, 0.2) is 65.0 Å². The summed E-state index contributed by atoms with van der Waals surface area (Å²) in [5.74, 6) is -0.253. The van der Waals surface area contributed by atoms with Crippen molar-refractivity contribution in [2.24, 2.45) is 4.99 Å². The molecular formula is C30H32N2O2S2. The first-order valence-electron chi connectivity index (χ1n) is 12.6. The predicted octanol–water partition coefficient (Wildman–Crippen LogP) is 7.85. The maximum atomic E-state index is 13.0. The minimum atomic E-state index is -0.253. The standard InChI is InChI=1S/C30H32N2O2S2/c1-5-34-28(33)26-23-13-9-10-14-25(23)36-27(26)31-29-32(22-11-7-6-8-12-22)24(19-35-29)20-15-17-21(18-16-20)30(2,3)4/h6-8,11-12,15-19H,5,9-10,13-14H2,1-4H3. The summed E-state index contributed by atoms with van der Waals surface area (Å²) in [6.07, 6.45) is 4.20. The fraction of sp³-hybridized carbons (Fsp3) is 0.333. The highest BCUT2D eigenvalue weighted by atomic mass is 32.1. The molecule has 1 aliphatic carbocycles. The van der Waals surface area contributed by atoms with Gasteiger partial charge in [-0.2, -0.15) is 0 Å². The van der Waals surface area contributed by atoms with Gasteiger partial charge in [0.25, 0.3) is 0 Å². The number of thiazole rings is 1. The maximum absolute atomic E-state index is 13.0. The SMILES string of the molecule is CCOC(=O)c1c(N=c2scc(-c3ccc(C(C)(C)C)cc3)n2-c2ccccc2)sc2c1CCCC2. The number of esters is 1. The van der Waals surface area contributed by atoms with E-state index in [1.807, 2.05) is 25.1 Å². The van der Waals surface area contributed by atoms with Gasteiger partial charge in [0.1, 0.15) is 5.00 Å². The number of carbonyl (C=O) groups is 1. The molecule has 0 aliphatic heterocycles. The number of nitrogens with zero attached hydrogens (tertiary/aromatic N) is 2. The zero-order valence-corrected chi connectivity index (χ0v) is 23.0. The van der Waals surface area contributed by atoms with Crippen LogP contribution in [0.4, 0.5) is 5.00 Å². The lowest BCUT2D eigenvalue weighted by atomic mass is 9.86. The van der Waals surface area contributed by atoms with E-state index in [1.54, 1.807) is 22.7 Å². The zero-order chi connectivity index (χ0) is 25.3. The molecule has 4 nitrogen and oxygen atoms in total. The van der Waals surface area contributed by atoms with Gasteiger partial charge in [0.2, 0.25) is 0 Å². The van der Waals surface area contributed by atoms with Gasteiger partial charge < -0.3 is 4.74 Å². The van der Waals surface area contributed by atoms with E-state index in [0.29, 0.717) is 12.2 Å². The summed E-state index contributed by atoms with van der Waals surface area (Å²) in [4.78, 5) is 20.3. The Morgan fingerprint density at radius 3 is 2.44 bits per heavy atom. The molecule has 6 heteroatoms. The molecule has 0 amide bonds. The number of hydrogen-bond donors (Lipinski definition) is 0. The third-order valence-electron chi connectivity index (χ3n) is 6.60. The van der Waals surface area contributed by atoms with Gasteiger partial charge >= 0.3 is 5.97 Å². The second kappa shape index (κ2) is 10.2. The van der Waals surface area contributed by atoms with Crippen molar-refractivity contribution in [1.82, 2.24) is 4.57 Å². The molecule has 0 bridgehead atoms. The van der Waals surface area contributed by atoms with E-state index in [-0.39, 0.29) is 11.4 Å². The molecular weight excluding hydrogens is 484 g/mol. The largest absolute Gasteiger partial charge is 0.462 e. The quantitative estimate of drug-likeness (QED) is 0.254. The van der Waals surface area contributed by atoms with Crippen LogP contribution in [0.3, 0.4) is 0 Å². The van der Waals surface area contributed by atoms with Crippen molar-refractivity contribution in [2.75, 3.05) is 6.61 Å². The van der Waals surface area contributed by atoms with Gasteiger partial charge in [0, 0.05) is 15.9 Å². The van der Waals surface area contributed by atoms with Crippen molar-refractivity contribution < 1.29 is 9.53 Å². The van der Waals surface area contributed by atoms with E-state index in [1.165, 1.54) is 10.4 Å². The Kier molecular flexibility index (Phi) is 7.00. The van der Waals surface area contributed by atoms with Crippen LogP contribution >= 0.6 is 22.7 Å². The fourth-order valence-electron chi connectivity index (χ4n) is 4.69. The zero-order valence-electron chi connectivity index (χ0n) is 21.3. The molecule has 0 fully saturated rings. The van der Waals surface area contributed by atoms with Gasteiger partial charge in [-0.1, -0.05) is 63.2 Å². The highest BCUT2D eigenvalue weighted by Crippen LogP contribution is 2.40. The van der Waals surface area contributed by atoms with E-state index >= 15 is 0 Å². The molecule has 1 aliphatic rings. The van der Waals surface area contributed by atoms with Gasteiger partial charge in [-0.25, -0.2) is 9.79 Å². The van der Waals surface area contributed by atoms with Crippen LogP contribution in [-0.4, -0.2) is 17.1 Å². The number of aromatic nitrogens is 1. The first-order chi connectivity index (χ1) is 17.4. The monoisotopic (exact) mass is 516 g/mol. The fourth-order valence-corrected chi connectivity index (χ4v) is 6.91. The molecule has 0 radical (unpaired) electrons. The summed E-state index contributed by atoms with van der Waals surface area (Å²) >= 11 is 3.25. The van der Waals surface area contributed by atoms with Crippen molar-refractivity contribution in [3.8, 4) is 16.9 Å². The molecule has 0 N–H and O–H groups in total. The van der Waals surface area contributed by atoms with Crippen molar-refractivity contribution in [3.05, 3.63) is 86.3 Å². The van der Waals surface area contributed by atoms with Crippen LogP contribution in [0.2, 0.25) is 0 Å². The number of para-hydroxylation sites is 1. The molecule has 0 saturated heterocycles. The lowest BCUT2D eigenvalue weighted by molar-refractivity contribution is 0.0526. The molecule has 0 unspecified atom stereocenters. The topological polar surface area (TPSA) is 43.6 Å². The molecule has 4 aromatic rings. The number of aryl methyl sites for hydroxylation is 1. The average Bonchev–Trinajstić information content (AvgIpc) is 3.45. The number of fused-ring (bicyclic) bond motifs is 1. The minimum Gasteiger partial charge on any atom is -0.462 e. The Labute approximate surface area is 220 Å². The van der Waals surface area contributed by atoms with E-state index in [2.05, 4.69) is 67.1 Å². The molecule has 2 heterocycles. The van der Waals surface area contributed by atoms with Crippen molar-refractivity contribution in [2.45, 2.75) is 58.8 Å². The molecule has 0 atom stereocenters. The summed E-state index contributed by atoms with van der Waals surface area (Å²) in [7, 11) is 0. The normalized spacial score (nSPS) is 14.1. The van der Waals surface area contributed by atoms with Crippen molar-refractivity contribution >= 4 is 33.6 Å². The lowest BCUT2D eigenvalue weighted by Gasteiger charge is -2.19. The second-order valence-electron chi connectivity index (χ2n) is 10.1. The van der Waals surface area contributed by atoms with Gasteiger partial charge in [-0.3, -0.25) is 4.57 Å². The molecule has 2 aromatic carbocycles. The van der Waals surface area contributed by atoms with Crippen LogP contribution in [0.1, 0.15) is 66.9 Å². The molecule has 2 aromatic heterocycles. The van der Waals surface area contributed by atoms with Crippen LogP contribution in [0.5, 0.6) is 0 Å². The average molecular weight is 517 g/mol. The van der Waals surface area contributed by atoms with Gasteiger partial charge in [-0.15, -0.1) is 22.7 Å². The Morgan fingerprint density at radius 2 is 1.75 bits per heavy atom. The number of thiophene rings is 1. The smallest absolute Gasteiger partial charge is 0.341 e. The van der Waals surface area contributed by atoms with Gasteiger partial charge in [0.05, 0.1) is 17.9 Å². The summed E-state index contributed by atoms with van der Waals surface area (Å²) in [6.45, 7) is 8.91. The third kappa shape index (κ3) is 4.84. The highest BCUT2D eigenvalue weighted by molar-refractivity contribution is 7.16. The minimum absolute atomic E-state index is 0.102. The second-order valence-corrected chi connectivity index (χ2v) is 12.0. The van der Waals surface area contributed by atoms with Crippen LogP contribution in [0.25, 0.3) is 16.9 Å². The van der Waals surface area contributed by atoms with Crippen molar-refractivity contribution in [3.63, 3.8) is 0 Å². The molecule has 186 valence electrons. The van der Waals surface area contributed by atoms with Crippen molar-refractivity contribution in [1.29, 1.82) is 0 Å². The van der Waals surface area contributed by atoms with Gasteiger partial charge in [0.15, 0.2) is 4.80 Å². The Morgan fingerprint density at radius 1 is 1.03 bits per heavy atom. The molecule has 0 spiro atoms. The summed E-state index contributed by atoms with van der Waals surface area (Å²) in [5.41, 5.74) is 6.49. The Balaban J connectivity index is 1.69. The Bertz CT molecular complexity index is 1440. The predicted molar refractivity (Wildman–Crippen MR) is 150 cm³/mol. The molecule has 0 saturated carbocycles. The van der Waals surface area contributed by atoms with Crippen LogP contribution < -0.4 is 4.80 Å². The first kappa shape index (κ1) is 24.7. The number of carbonyl (C=O) groups excluding carboxylic acids is 1. The summed E-state index contributed by atoms with van der Waals surface area (Å²) in [6, 6.07) is 19.1. The van der Waals surface area contributed by atoms with E-state index in [0.717, 1.165) is 58.0 Å². The number of benzene rings is 2. The first-order valence-corrected chi connectivity index (χ1v) is 14.3. The van der Waals surface area contributed by atoms with E-state index < -0.39 is 0 Å². The van der Waals surface area contributed by atoms with Crippen LogP contribution in [-0.2, 0) is 23.0 Å². The maximum Gasteiger partial charge on any atom is 0.341 e. The summed E-state index contributed by atoms with van der Waals surface area (Å²) in [5, 5.41) is 2.93. The highest BCUT2D eigenvalue weighted by Gasteiger charge is 2.26. The van der Waals surface area contributed by atoms with Gasteiger partial charge in [-0.05, 0) is 66.8 Å². The van der Waals surface area contributed by atoms with E-state index in [9.17, 15) is 4.79 Å². The lowest BCUT2D eigenvalue weighted by Crippen LogP contribution is -2.14. The number of hydrogen-bond acceptors (Lipinski definition) is 5. The number of ether oxygens (including phenoxy) is 1. The molecule has 36 heavy (non-hydrogen) atoms. The molecule has 5 rings (SSSR count). The third-order valence-corrected chi connectivity index (χ3v) is 8.61. The Hall–Kier alpha value is -2.96.